The first-order valence-corrected chi connectivity index (χ1v) is 7.76. The molecule has 0 saturated carbocycles. The molecule has 142 valence electrons. The Morgan fingerprint density at radius 1 is 1.22 bits per heavy atom. The third-order valence-electron chi connectivity index (χ3n) is 3.63. The number of rotatable bonds is 5. The Morgan fingerprint density at radius 2 is 1.93 bits per heavy atom. The second-order valence-electron chi connectivity index (χ2n) is 5.46. The minimum atomic E-state index is -0.824. The molecule has 2 N–H and O–H groups in total. The molecule has 1 aliphatic heterocycles. The van der Waals surface area contributed by atoms with Gasteiger partial charge in [0.1, 0.15) is 23.9 Å². The summed E-state index contributed by atoms with van der Waals surface area (Å²) < 4.78 is 18.5. The lowest BCUT2D eigenvalue weighted by Crippen LogP contribution is -2.38. The number of halogens is 2. The maximum Gasteiger partial charge on any atom is 0.354 e. The fourth-order valence-electron chi connectivity index (χ4n) is 2.38. The topological polar surface area (TPSA) is 109 Å². The third kappa shape index (κ3) is 4.39. The molecule has 8 nitrogen and oxygen atoms in total. The molecule has 0 bridgehead atoms. The van der Waals surface area contributed by atoms with E-state index in [9.17, 15) is 18.8 Å². The van der Waals surface area contributed by atoms with E-state index < -0.39 is 17.8 Å². The number of amides is 4. The van der Waals surface area contributed by atoms with Gasteiger partial charge < -0.3 is 10.2 Å². The highest BCUT2D eigenvalue weighted by Crippen LogP contribution is 2.22. The summed E-state index contributed by atoms with van der Waals surface area (Å²) in [4.78, 5) is 36.2. The van der Waals surface area contributed by atoms with E-state index in [4.69, 9.17) is 10.2 Å². The zero-order valence-electron chi connectivity index (χ0n) is 14.0. The van der Waals surface area contributed by atoms with Crippen LogP contribution in [0.25, 0.3) is 11.3 Å². The van der Waals surface area contributed by atoms with Crippen LogP contribution in [0.5, 0.6) is 0 Å². The van der Waals surface area contributed by atoms with E-state index in [1.54, 1.807) is 24.3 Å². The molecule has 0 spiro atoms. The third-order valence-corrected chi connectivity index (χ3v) is 3.63. The van der Waals surface area contributed by atoms with E-state index in [1.807, 2.05) is 0 Å². The molecule has 2 heterocycles. The van der Waals surface area contributed by atoms with E-state index in [2.05, 4.69) is 5.10 Å². The van der Waals surface area contributed by atoms with Crippen LogP contribution in [0.2, 0.25) is 0 Å². The fourth-order valence-corrected chi connectivity index (χ4v) is 2.38. The maximum atomic E-state index is 13.0. The molecular formula is C17H16ClFN4O4. The van der Waals surface area contributed by atoms with Crippen molar-refractivity contribution in [1.29, 1.82) is 0 Å². The van der Waals surface area contributed by atoms with Crippen molar-refractivity contribution >= 4 is 36.5 Å². The van der Waals surface area contributed by atoms with Crippen molar-refractivity contribution < 1.29 is 23.2 Å². The van der Waals surface area contributed by atoms with Crippen molar-refractivity contribution in [2.24, 2.45) is 10.8 Å². The van der Waals surface area contributed by atoms with Gasteiger partial charge in [-0.15, -0.1) is 12.4 Å². The zero-order chi connectivity index (χ0) is 18.7. The number of nitrogens with zero attached hydrogens (tertiary/aromatic N) is 3. The van der Waals surface area contributed by atoms with Gasteiger partial charge in [0.25, 0.3) is 5.91 Å². The summed E-state index contributed by atoms with van der Waals surface area (Å²) in [5, 5.41) is 4.77. The molecule has 0 aliphatic carbocycles. The van der Waals surface area contributed by atoms with E-state index in [0.29, 0.717) is 22.0 Å². The SMILES string of the molecule is Cl.NCCC(=O)N1C(=O)CN(N=Cc2ccc(-c3ccc(F)cc3)o2)C1=O. The van der Waals surface area contributed by atoms with Crippen LogP contribution in [-0.2, 0) is 9.59 Å². The van der Waals surface area contributed by atoms with Crippen LogP contribution < -0.4 is 5.73 Å². The molecule has 10 heteroatoms. The van der Waals surface area contributed by atoms with E-state index >= 15 is 0 Å². The Morgan fingerprint density at radius 3 is 2.59 bits per heavy atom. The molecule has 27 heavy (non-hydrogen) atoms. The lowest BCUT2D eigenvalue weighted by atomic mass is 10.2. The first kappa shape index (κ1) is 20.3. The van der Waals surface area contributed by atoms with Crippen molar-refractivity contribution in [3.8, 4) is 11.3 Å². The van der Waals surface area contributed by atoms with Gasteiger partial charge in [-0.3, -0.25) is 9.59 Å². The second-order valence-corrected chi connectivity index (χ2v) is 5.46. The molecule has 1 aromatic heterocycles. The number of carbonyl (C=O) groups excluding carboxylic acids is 3. The highest BCUT2D eigenvalue weighted by atomic mass is 35.5. The number of furan rings is 1. The molecule has 2 aromatic rings. The smallest absolute Gasteiger partial charge is 0.354 e. The quantitative estimate of drug-likeness (QED) is 0.616. The van der Waals surface area contributed by atoms with Crippen LogP contribution in [-0.4, -0.2) is 47.1 Å². The molecule has 1 aliphatic rings. The number of hydrogen-bond acceptors (Lipinski definition) is 6. The predicted molar refractivity (Wildman–Crippen MR) is 96.6 cm³/mol. The molecule has 4 amide bonds. The Kier molecular flexibility index (Phi) is 6.43. The van der Waals surface area contributed by atoms with E-state index in [0.717, 1.165) is 5.01 Å². The normalized spacial score (nSPS) is 14.1. The minimum Gasteiger partial charge on any atom is -0.455 e. The van der Waals surface area contributed by atoms with Gasteiger partial charge in [0.15, 0.2) is 0 Å². The van der Waals surface area contributed by atoms with Crippen LogP contribution >= 0.6 is 12.4 Å². The number of imide groups is 3. The van der Waals surface area contributed by atoms with Gasteiger partial charge in [-0.25, -0.2) is 14.2 Å². The molecule has 0 atom stereocenters. The number of hydrazone groups is 1. The molecule has 0 radical (unpaired) electrons. The summed E-state index contributed by atoms with van der Waals surface area (Å²) >= 11 is 0. The molecule has 3 rings (SSSR count). The fraction of sp³-hybridized carbons (Fsp3) is 0.176. The van der Waals surface area contributed by atoms with Crippen molar-refractivity contribution in [1.82, 2.24) is 9.91 Å². The summed E-state index contributed by atoms with van der Waals surface area (Å²) in [6.07, 6.45) is 1.16. The summed E-state index contributed by atoms with van der Waals surface area (Å²) in [5.41, 5.74) is 5.95. The number of urea groups is 1. The van der Waals surface area contributed by atoms with Crippen molar-refractivity contribution in [3.63, 3.8) is 0 Å². The summed E-state index contributed by atoms with van der Waals surface area (Å²) in [5.74, 6) is -0.840. The number of benzene rings is 1. The van der Waals surface area contributed by atoms with Gasteiger partial charge in [0.05, 0.1) is 6.21 Å². The highest BCUT2D eigenvalue weighted by Gasteiger charge is 2.40. The average Bonchev–Trinajstić information content (AvgIpc) is 3.18. The Labute approximate surface area is 159 Å². The van der Waals surface area contributed by atoms with Crippen LogP contribution in [0.15, 0.2) is 45.9 Å². The maximum absolute atomic E-state index is 13.0. The van der Waals surface area contributed by atoms with Crippen LogP contribution in [0, 0.1) is 5.82 Å². The van der Waals surface area contributed by atoms with E-state index in [-0.39, 0.29) is 37.7 Å². The predicted octanol–water partition coefficient (Wildman–Crippen LogP) is 1.98. The Balaban J connectivity index is 0.00000261. The molecule has 1 saturated heterocycles. The lowest BCUT2D eigenvalue weighted by molar-refractivity contribution is -0.138. The van der Waals surface area contributed by atoms with Crippen LogP contribution in [0.3, 0.4) is 0 Å². The minimum absolute atomic E-state index is 0. The molecule has 1 fully saturated rings. The van der Waals surface area contributed by atoms with Crippen molar-refractivity contribution in [2.75, 3.05) is 13.1 Å². The van der Waals surface area contributed by atoms with Crippen LogP contribution in [0.4, 0.5) is 9.18 Å². The standard InChI is InChI=1S/C17H15FN4O4.ClH/c18-12-3-1-11(2-4-12)14-6-5-13(26-14)9-20-21-10-16(24)22(17(21)25)15(23)7-8-19;/h1-6,9H,7-8,10,19H2;1H. The van der Waals surface area contributed by atoms with Gasteiger partial charge in [-0.1, -0.05) is 0 Å². The summed E-state index contributed by atoms with van der Waals surface area (Å²) in [7, 11) is 0. The Hall–Kier alpha value is -3.04. The molecule has 1 aromatic carbocycles. The largest absolute Gasteiger partial charge is 0.455 e. The average molecular weight is 395 g/mol. The second kappa shape index (κ2) is 8.56. The number of hydrogen-bond donors (Lipinski definition) is 1. The van der Waals surface area contributed by atoms with E-state index in [1.165, 1.54) is 18.3 Å². The Bertz CT molecular complexity index is 881. The molecule has 0 unspecified atom stereocenters. The first-order valence-electron chi connectivity index (χ1n) is 7.76. The van der Waals surface area contributed by atoms with Gasteiger partial charge >= 0.3 is 6.03 Å². The zero-order valence-corrected chi connectivity index (χ0v) is 14.8. The van der Waals surface area contributed by atoms with Gasteiger partial charge in [0, 0.05) is 18.5 Å². The summed E-state index contributed by atoms with van der Waals surface area (Å²) in [6.45, 7) is -0.297. The molecular weight excluding hydrogens is 379 g/mol. The lowest BCUT2D eigenvalue weighted by Gasteiger charge is -2.11. The van der Waals surface area contributed by atoms with Gasteiger partial charge in [0.2, 0.25) is 5.91 Å². The van der Waals surface area contributed by atoms with Crippen LogP contribution in [0.1, 0.15) is 12.2 Å². The highest BCUT2D eigenvalue weighted by molar-refractivity contribution is 6.15. The first-order chi connectivity index (χ1) is 12.5. The van der Waals surface area contributed by atoms with Crippen molar-refractivity contribution in [3.05, 3.63) is 48.0 Å². The van der Waals surface area contributed by atoms with Gasteiger partial charge in [-0.05, 0) is 36.4 Å². The van der Waals surface area contributed by atoms with Gasteiger partial charge in [-0.2, -0.15) is 10.0 Å². The number of carbonyl (C=O) groups is 3. The summed E-state index contributed by atoms with van der Waals surface area (Å²) in [6, 6.07) is 8.22. The monoisotopic (exact) mass is 394 g/mol. The number of nitrogens with two attached hydrogens (primary N) is 1. The van der Waals surface area contributed by atoms with Crippen molar-refractivity contribution in [2.45, 2.75) is 6.42 Å².